The minimum atomic E-state index is -0.774. The molecule has 1 aliphatic carbocycles. The van der Waals surface area contributed by atoms with E-state index >= 15 is 0 Å². The van der Waals surface area contributed by atoms with Gasteiger partial charge in [0, 0.05) is 0 Å². The summed E-state index contributed by atoms with van der Waals surface area (Å²) in [6.07, 6.45) is 0. The highest BCUT2D eigenvalue weighted by atomic mass is 16.4. The van der Waals surface area contributed by atoms with E-state index in [2.05, 4.69) is 4.98 Å². The van der Waals surface area contributed by atoms with Gasteiger partial charge in [-0.05, 0) is 24.0 Å². The molecular weight excluding hydrogens is 230 g/mol. The molecule has 1 N–H and O–H groups in total. The fourth-order valence-corrected chi connectivity index (χ4v) is 2.80. The summed E-state index contributed by atoms with van der Waals surface area (Å²) in [5, 5.41) is 9.18. The topological polar surface area (TPSA) is 63.3 Å². The van der Waals surface area contributed by atoms with Gasteiger partial charge < -0.3 is 9.52 Å². The van der Waals surface area contributed by atoms with Gasteiger partial charge in [0.25, 0.3) is 0 Å². The second kappa shape index (κ2) is 3.34. The van der Waals surface area contributed by atoms with Crippen molar-refractivity contribution in [2.45, 2.75) is 26.7 Å². The van der Waals surface area contributed by atoms with Crippen LogP contribution in [0.3, 0.4) is 0 Å². The molecule has 4 heteroatoms. The molecule has 1 fully saturated rings. The Morgan fingerprint density at radius 2 is 2.17 bits per heavy atom. The molecule has 1 heterocycles. The number of carboxylic acid groups (broad SMARTS) is 1. The Morgan fingerprint density at radius 1 is 1.44 bits per heavy atom. The van der Waals surface area contributed by atoms with E-state index in [1.807, 2.05) is 39.0 Å². The van der Waals surface area contributed by atoms with Crippen LogP contribution >= 0.6 is 0 Å². The Bertz CT molecular complexity index is 642. The van der Waals surface area contributed by atoms with Crippen molar-refractivity contribution in [3.8, 4) is 0 Å². The van der Waals surface area contributed by atoms with Gasteiger partial charge in [-0.15, -0.1) is 0 Å². The molecule has 0 spiro atoms. The van der Waals surface area contributed by atoms with Gasteiger partial charge >= 0.3 is 5.97 Å². The summed E-state index contributed by atoms with van der Waals surface area (Å²) in [6, 6.07) is 5.75. The molecule has 0 aliphatic heterocycles. The Morgan fingerprint density at radius 3 is 2.72 bits per heavy atom. The SMILES string of the molecule is Cc1cccc2oc(C3C(C(=O)O)C3(C)C)nc12. The second-order valence-corrected chi connectivity index (χ2v) is 5.59. The lowest BCUT2D eigenvalue weighted by molar-refractivity contribution is -0.139. The first-order chi connectivity index (χ1) is 8.43. The van der Waals surface area contributed by atoms with Crippen molar-refractivity contribution in [3.63, 3.8) is 0 Å². The molecule has 18 heavy (non-hydrogen) atoms. The number of rotatable bonds is 2. The highest BCUT2D eigenvalue weighted by Crippen LogP contribution is 2.64. The molecule has 1 saturated carbocycles. The van der Waals surface area contributed by atoms with Crippen molar-refractivity contribution in [3.05, 3.63) is 29.7 Å². The molecule has 0 radical (unpaired) electrons. The molecule has 0 bridgehead atoms. The van der Waals surface area contributed by atoms with Crippen LogP contribution in [0.4, 0.5) is 0 Å². The van der Waals surface area contributed by atoms with Crippen LogP contribution in [0.15, 0.2) is 22.6 Å². The lowest BCUT2D eigenvalue weighted by Gasteiger charge is -1.96. The molecule has 2 aromatic rings. The third kappa shape index (κ3) is 1.38. The maximum Gasteiger partial charge on any atom is 0.307 e. The quantitative estimate of drug-likeness (QED) is 0.883. The maximum absolute atomic E-state index is 11.2. The lowest BCUT2D eigenvalue weighted by Crippen LogP contribution is -2.03. The first kappa shape index (κ1) is 11.3. The molecule has 4 nitrogen and oxygen atoms in total. The van der Waals surface area contributed by atoms with E-state index in [0.717, 1.165) is 16.7 Å². The smallest absolute Gasteiger partial charge is 0.307 e. The Hall–Kier alpha value is -1.84. The van der Waals surface area contributed by atoms with E-state index in [0.29, 0.717) is 5.89 Å². The molecule has 3 rings (SSSR count). The highest BCUT2D eigenvalue weighted by molar-refractivity contribution is 5.79. The van der Waals surface area contributed by atoms with Gasteiger partial charge in [-0.3, -0.25) is 4.79 Å². The average molecular weight is 245 g/mol. The molecule has 94 valence electrons. The van der Waals surface area contributed by atoms with Gasteiger partial charge in [0.1, 0.15) is 5.52 Å². The van der Waals surface area contributed by atoms with Gasteiger partial charge in [0.15, 0.2) is 11.5 Å². The van der Waals surface area contributed by atoms with Crippen LogP contribution in [0.25, 0.3) is 11.1 Å². The summed E-state index contributed by atoms with van der Waals surface area (Å²) in [4.78, 5) is 15.6. The van der Waals surface area contributed by atoms with Gasteiger partial charge in [-0.25, -0.2) is 4.98 Å². The first-order valence-corrected chi connectivity index (χ1v) is 6.02. The van der Waals surface area contributed by atoms with Gasteiger partial charge in [0.05, 0.1) is 11.8 Å². The van der Waals surface area contributed by atoms with E-state index in [4.69, 9.17) is 4.42 Å². The van der Waals surface area contributed by atoms with Crippen LogP contribution in [-0.4, -0.2) is 16.1 Å². The lowest BCUT2D eigenvalue weighted by atomic mass is 10.1. The van der Waals surface area contributed by atoms with Crippen molar-refractivity contribution < 1.29 is 14.3 Å². The number of hydrogen-bond acceptors (Lipinski definition) is 3. The molecule has 2 unspecified atom stereocenters. The predicted octanol–water partition coefficient (Wildman–Crippen LogP) is 2.96. The zero-order valence-corrected chi connectivity index (χ0v) is 10.6. The number of oxazole rings is 1. The third-order valence-corrected chi connectivity index (χ3v) is 4.00. The Balaban J connectivity index is 2.07. The predicted molar refractivity (Wildman–Crippen MR) is 66.4 cm³/mol. The number of fused-ring (bicyclic) bond motifs is 1. The van der Waals surface area contributed by atoms with Crippen molar-refractivity contribution in [1.29, 1.82) is 0 Å². The molecule has 1 aromatic heterocycles. The molecule has 2 atom stereocenters. The number of para-hydroxylation sites is 1. The summed E-state index contributed by atoms with van der Waals surface area (Å²) in [6.45, 7) is 5.86. The molecule has 1 aliphatic rings. The Kier molecular flexibility index (Phi) is 2.09. The number of nitrogens with zero attached hydrogens (tertiary/aromatic N) is 1. The summed E-state index contributed by atoms with van der Waals surface area (Å²) in [5.41, 5.74) is 2.34. The van der Waals surface area contributed by atoms with Crippen LogP contribution in [-0.2, 0) is 4.79 Å². The summed E-state index contributed by atoms with van der Waals surface area (Å²) in [7, 11) is 0. The highest BCUT2D eigenvalue weighted by Gasteiger charge is 2.65. The fraction of sp³-hybridized carbons (Fsp3) is 0.429. The van der Waals surface area contributed by atoms with E-state index in [-0.39, 0.29) is 11.3 Å². The number of aromatic nitrogens is 1. The minimum absolute atomic E-state index is 0.123. The third-order valence-electron chi connectivity index (χ3n) is 4.00. The number of benzene rings is 1. The number of hydrogen-bond donors (Lipinski definition) is 1. The molecule has 1 aromatic carbocycles. The average Bonchev–Trinajstić information content (AvgIpc) is 2.68. The number of aryl methyl sites for hydroxylation is 1. The Labute approximate surface area is 105 Å². The summed E-state index contributed by atoms with van der Waals surface area (Å²) < 4.78 is 5.71. The first-order valence-electron chi connectivity index (χ1n) is 6.02. The number of carbonyl (C=O) groups is 1. The molecule has 0 saturated heterocycles. The zero-order chi connectivity index (χ0) is 13.1. The van der Waals surface area contributed by atoms with Crippen LogP contribution < -0.4 is 0 Å². The normalized spacial score (nSPS) is 25.3. The van der Waals surface area contributed by atoms with Gasteiger partial charge in [-0.1, -0.05) is 26.0 Å². The van der Waals surface area contributed by atoms with Gasteiger partial charge in [-0.2, -0.15) is 0 Å². The van der Waals surface area contributed by atoms with Crippen molar-refractivity contribution >= 4 is 17.1 Å². The van der Waals surface area contributed by atoms with Crippen molar-refractivity contribution in [1.82, 2.24) is 4.98 Å². The van der Waals surface area contributed by atoms with Gasteiger partial charge in [0.2, 0.25) is 0 Å². The van der Waals surface area contributed by atoms with Crippen molar-refractivity contribution in [2.75, 3.05) is 0 Å². The van der Waals surface area contributed by atoms with Crippen molar-refractivity contribution in [2.24, 2.45) is 11.3 Å². The number of carboxylic acids is 1. The second-order valence-electron chi connectivity index (χ2n) is 5.59. The zero-order valence-electron chi connectivity index (χ0n) is 10.6. The summed E-state index contributed by atoms with van der Waals surface area (Å²) in [5.74, 6) is -0.742. The monoisotopic (exact) mass is 245 g/mol. The maximum atomic E-state index is 11.2. The van der Waals surface area contributed by atoms with Crippen LogP contribution in [0.5, 0.6) is 0 Å². The van der Waals surface area contributed by atoms with E-state index in [9.17, 15) is 9.90 Å². The van der Waals surface area contributed by atoms with E-state index < -0.39 is 11.9 Å². The van der Waals surface area contributed by atoms with Crippen LogP contribution in [0.1, 0.15) is 31.2 Å². The fourth-order valence-electron chi connectivity index (χ4n) is 2.80. The van der Waals surface area contributed by atoms with E-state index in [1.54, 1.807) is 0 Å². The largest absolute Gasteiger partial charge is 0.481 e. The number of aliphatic carboxylic acids is 1. The summed E-state index contributed by atoms with van der Waals surface area (Å²) >= 11 is 0. The van der Waals surface area contributed by atoms with Crippen LogP contribution in [0, 0.1) is 18.3 Å². The van der Waals surface area contributed by atoms with Crippen LogP contribution in [0.2, 0.25) is 0 Å². The van der Waals surface area contributed by atoms with E-state index in [1.165, 1.54) is 0 Å². The standard InChI is InChI=1S/C14H15NO3/c1-7-5-4-6-8-11(7)15-12(18-8)9-10(13(16)17)14(9,2)3/h4-6,9-10H,1-3H3,(H,16,17). The molecule has 0 amide bonds. The molecular formula is C14H15NO3. The minimum Gasteiger partial charge on any atom is -0.481 e.